The summed E-state index contributed by atoms with van der Waals surface area (Å²) < 4.78 is 31.1. The molecule has 0 radical (unpaired) electrons. The number of hydrogen-bond donors (Lipinski definition) is 0. The van der Waals surface area contributed by atoms with E-state index >= 15 is 0 Å². The Morgan fingerprint density at radius 1 is 1.24 bits per heavy atom. The molecule has 0 amide bonds. The number of rotatable bonds is 6. The van der Waals surface area contributed by atoms with E-state index in [1.54, 1.807) is 20.8 Å². The number of esters is 1. The van der Waals surface area contributed by atoms with Crippen LogP contribution in [0.1, 0.15) is 31.9 Å². The van der Waals surface area contributed by atoms with Gasteiger partial charge in [-0.25, -0.2) is 13.2 Å². The van der Waals surface area contributed by atoms with E-state index in [2.05, 4.69) is 0 Å². The molecule has 0 spiro atoms. The maximum Gasteiger partial charge on any atom is 0.329 e. The zero-order chi connectivity index (χ0) is 16.2. The Hall–Kier alpha value is -1.56. The molecule has 0 N–H and O–H groups in total. The Kier molecular flexibility index (Phi) is 5.78. The summed E-state index contributed by atoms with van der Waals surface area (Å²) in [5.41, 5.74) is 2.17. The predicted octanol–water partition coefficient (Wildman–Crippen LogP) is 2.41. The topological polar surface area (TPSA) is 63.7 Å². The van der Waals surface area contributed by atoms with Crippen molar-refractivity contribution < 1.29 is 17.9 Å². The SMILES string of the molecule is CCOC(=O)[C@H](C)N(c1c(C)cccc1C)S(=O)(=O)CC. The minimum absolute atomic E-state index is 0.0788. The summed E-state index contributed by atoms with van der Waals surface area (Å²) in [6, 6.07) is 4.63. The highest BCUT2D eigenvalue weighted by molar-refractivity contribution is 7.92. The van der Waals surface area contributed by atoms with Crippen LogP contribution in [0.2, 0.25) is 0 Å². The second-order valence-electron chi connectivity index (χ2n) is 4.86. The quantitative estimate of drug-likeness (QED) is 0.757. The number of para-hydroxylation sites is 1. The summed E-state index contributed by atoms with van der Waals surface area (Å²) in [7, 11) is -3.59. The zero-order valence-electron chi connectivity index (χ0n) is 13.2. The van der Waals surface area contributed by atoms with Crippen molar-refractivity contribution in [2.75, 3.05) is 16.7 Å². The van der Waals surface area contributed by atoms with Crippen LogP contribution in [0.15, 0.2) is 18.2 Å². The highest BCUT2D eigenvalue weighted by Gasteiger charge is 2.33. The molecule has 0 aliphatic heterocycles. The molecule has 5 nitrogen and oxygen atoms in total. The van der Waals surface area contributed by atoms with Gasteiger partial charge in [-0.3, -0.25) is 4.31 Å². The van der Waals surface area contributed by atoms with Crippen LogP contribution in [0.5, 0.6) is 0 Å². The Morgan fingerprint density at radius 2 is 1.76 bits per heavy atom. The predicted molar refractivity (Wildman–Crippen MR) is 84.0 cm³/mol. The molecule has 0 aromatic heterocycles. The Labute approximate surface area is 127 Å². The van der Waals surface area contributed by atoms with Crippen molar-refractivity contribution >= 4 is 21.7 Å². The van der Waals surface area contributed by atoms with Gasteiger partial charge in [0, 0.05) is 0 Å². The standard InChI is InChI=1S/C15H23NO4S/c1-6-20-15(17)13(5)16(21(18,19)7-2)14-11(3)9-8-10-12(14)4/h8-10,13H,6-7H2,1-5H3/t13-/m0/s1. The van der Waals surface area contributed by atoms with E-state index in [0.717, 1.165) is 11.1 Å². The summed E-state index contributed by atoms with van der Waals surface area (Å²) in [6.07, 6.45) is 0. The molecular formula is C15H23NO4S. The Bertz CT molecular complexity index is 590. The number of hydrogen-bond acceptors (Lipinski definition) is 4. The van der Waals surface area contributed by atoms with Crippen LogP contribution in [-0.4, -0.2) is 32.8 Å². The molecule has 1 atom stereocenters. The Morgan fingerprint density at radius 3 is 2.19 bits per heavy atom. The van der Waals surface area contributed by atoms with E-state index < -0.39 is 22.0 Å². The third-order valence-electron chi connectivity index (χ3n) is 3.30. The first kappa shape index (κ1) is 17.5. The third-order valence-corrected chi connectivity index (χ3v) is 5.13. The number of sulfonamides is 1. The van der Waals surface area contributed by atoms with Crippen LogP contribution in [0.4, 0.5) is 5.69 Å². The summed E-state index contributed by atoms with van der Waals surface area (Å²) in [5, 5.41) is 0. The Balaban J connectivity index is 3.44. The number of ether oxygens (including phenoxy) is 1. The van der Waals surface area contributed by atoms with Gasteiger partial charge in [0.2, 0.25) is 10.0 Å². The number of carbonyl (C=O) groups is 1. The van der Waals surface area contributed by atoms with Gasteiger partial charge in [-0.1, -0.05) is 18.2 Å². The van der Waals surface area contributed by atoms with Gasteiger partial charge in [-0.05, 0) is 45.7 Å². The first-order chi connectivity index (χ1) is 9.76. The number of nitrogens with zero attached hydrogens (tertiary/aromatic N) is 1. The molecule has 0 saturated carbocycles. The fourth-order valence-corrected chi connectivity index (χ4v) is 3.64. The molecule has 1 aromatic carbocycles. The highest BCUT2D eigenvalue weighted by Crippen LogP contribution is 2.29. The van der Waals surface area contributed by atoms with Crippen LogP contribution < -0.4 is 4.31 Å². The van der Waals surface area contributed by atoms with Crippen molar-refractivity contribution in [3.8, 4) is 0 Å². The summed E-state index contributed by atoms with van der Waals surface area (Å²) in [4.78, 5) is 12.0. The van der Waals surface area contributed by atoms with E-state index in [4.69, 9.17) is 4.74 Å². The molecule has 0 aliphatic rings. The van der Waals surface area contributed by atoms with Crippen molar-refractivity contribution in [1.82, 2.24) is 0 Å². The summed E-state index contributed by atoms with van der Waals surface area (Å²) >= 11 is 0. The van der Waals surface area contributed by atoms with Crippen molar-refractivity contribution in [3.63, 3.8) is 0 Å². The smallest absolute Gasteiger partial charge is 0.329 e. The molecule has 21 heavy (non-hydrogen) atoms. The lowest BCUT2D eigenvalue weighted by Crippen LogP contribution is -2.45. The van der Waals surface area contributed by atoms with Gasteiger partial charge in [0.1, 0.15) is 6.04 Å². The third kappa shape index (κ3) is 3.75. The first-order valence-corrected chi connectivity index (χ1v) is 8.62. The van der Waals surface area contributed by atoms with E-state index in [-0.39, 0.29) is 12.4 Å². The first-order valence-electron chi connectivity index (χ1n) is 7.01. The molecule has 0 aliphatic carbocycles. The molecule has 0 fully saturated rings. The summed E-state index contributed by atoms with van der Waals surface area (Å²) in [5.74, 6) is -0.623. The van der Waals surface area contributed by atoms with E-state index in [1.807, 2.05) is 32.0 Å². The van der Waals surface area contributed by atoms with Crippen LogP contribution in [0.25, 0.3) is 0 Å². The van der Waals surface area contributed by atoms with E-state index in [0.29, 0.717) is 5.69 Å². The van der Waals surface area contributed by atoms with Gasteiger partial charge < -0.3 is 4.74 Å². The fourth-order valence-electron chi connectivity index (χ4n) is 2.22. The second kappa shape index (κ2) is 6.93. The maximum atomic E-state index is 12.5. The number of aryl methyl sites for hydroxylation is 2. The van der Waals surface area contributed by atoms with E-state index in [9.17, 15) is 13.2 Å². The maximum absolute atomic E-state index is 12.5. The van der Waals surface area contributed by atoms with Gasteiger partial charge in [0.15, 0.2) is 0 Å². The van der Waals surface area contributed by atoms with Crippen LogP contribution in [0.3, 0.4) is 0 Å². The minimum atomic E-state index is -3.59. The van der Waals surface area contributed by atoms with Gasteiger partial charge in [-0.15, -0.1) is 0 Å². The fraction of sp³-hybridized carbons (Fsp3) is 0.533. The largest absolute Gasteiger partial charge is 0.464 e. The molecular weight excluding hydrogens is 290 g/mol. The van der Waals surface area contributed by atoms with Crippen LogP contribution in [0, 0.1) is 13.8 Å². The molecule has 0 heterocycles. The zero-order valence-corrected chi connectivity index (χ0v) is 14.0. The average molecular weight is 313 g/mol. The number of anilines is 1. The molecule has 0 saturated heterocycles. The van der Waals surface area contributed by atoms with Gasteiger partial charge >= 0.3 is 5.97 Å². The molecule has 1 rings (SSSR count). The molecule has 0 unspecified atom stereocenters. The lowest BCUT2D eigenvalue weighted by molar-refractivity contribution is -0.144. The normalized spacial score (nSPS) is 12.8. The van der Waals surface area contributed by atoms with Crippen molar-refractivity contribution in [1.29, 1.82) is 0 Å². The van der Waals surface area contributed by atoms with Crippen LogP contribution in [-0.2, 0) is 19.6 Å². The lowest BCUT2D eigenvalue weighted by atomic mass is 10.1. The van der Waals surface area contributed by atoms with Gasteiger partial charge in [0.25, 0.3) is 0 Å². The summed E-state index contributed by atoms with van der Waals surface area (Å²) in [6.45, 7) is 8.69. The molecule has 118 valence electrons. The molecule has 6 heteroatoms. The van der Waals surface area contributed by atoms with Gasteiger partial charge in [0.05, 0.1) is 18.0 Å². The van der Waals surface area contributed by atoms with Crippen LogP contribution >= 0.6 is 0 Å². The van der Waals surface area contributed by atoms with Crippen molar-refractivity contribution in [2.45, 2.75) is 40.7 Å². The van der Waals surface area contributed by atoms with Crippen molar-refractivity contribution in [3.05, 3.63) is 29.3 Å². The lowest BCUT2D eigenvalue weighted by Gasteiger charge is -2.31. The molecule has 1 aromatic rings. The number of benzene rings is 1. The molecule has 0 bridgehead atoms. The van der Waals surface area contributed by atoms with Crippen molar-refractivity contribution in [2.24, 2.45) is 0 Å². The monoisotopic (exact) mass is 313 g/mol. The second-order valence-corrected chi connectivity index (χ2v) is 7.00. The minimum Gasteiger partial charge on any atom is -0.464 e. The van der Waals surface area contributed by atoms with Gasteiger partial charge in [-0.2, -0.15) is 0 Å². The average Bonchev–Trinajstić information content (AvgIpc) is 2.42. The highest BCUT2D eigenvalue weighted by atomic mass is 32.2. The number of carbonyl (C=O) groups excluding carboxylic acids is 1. The van der Waals surface area contributed by atoms with E-state index in [1.165, 1.54) is 4.31 Å².